The molecule has 1 rings (SSSR count). The Kier molecular flexibility index (Phi) is 4.42. The predicted octanol–water partition coefficient (Wildman–Crippen LogP) is 2.02. The van der Waals surface area contributed by atoms with Crippen LogP contribution in [0.5, 0.6) is 0 Å². The molecule has 2 N–H and O–H groups in total. The highest BCUT2D eigenvalue weighted by molar-refractivity contribution is 5.89. The van der Waals surface area contributed by atoms with Crippen molar-refractivity contribution < 1.29 is 19.1 Å². The number of benzene rings is 1. The largest absolute Gasteiger partial charge is 0.478 e. The lowest BCUT2D eigenvalue weighted by Crippen LogP contribution is -2.27. The molecule has 0 spiro atoms. The van der Waals surface area contributed by atoms with Crippen molar-refractivity contribution in [3.8, 4) is 0 Å². The molecule has 1 aromatic carbocycles. The van der Waals surface area contributed by atoms with Crippen LogP contribution in [-0.2, 0) is 4.79 Å². The summed E-state index contributed by atoms with van der Waals surface area (Å²) in [5, 5.41) is 10.8. The van der Waals surface area contributed by atoms with E-state index in [0.29, 0.717) is 5.56 Å². The van der Waals surface area contributed by atoms with Gasteiger partial charge in [0.2, 0.25) is 0 Å². The average Bonchev–Trinajstić information content (AvgIpc) is 2.29. The van der Waals surface area contributed by atoms with E-state index in [9.17, 15) is 14.0 Å². The molecule has 5 nitrogen and oxygen atoms in total. The van der Waals surface area contributed by atoms with Gasteiger partial charge in [0.1, 0.15) is 5.82 Å². The van der Waals surface area contributed by atoms with E-state index in [-0.39, 0.29) is 5.69 Å². The van der Waals surface area contributed by atoms with Crippen LogP contribution in [0.1, 0.15) is 5.56 Å². The van der Waals surface area contributed by atoms with Gasteiger partial charge >= 0.3 is 12.0 Å². The van der Waals surface area contributed by atoms with Crippen LogP contribution in [0.15, 0.2) is 24.3 Å². The summed E-state index contributed by atoms with van der Waals surface area (Å²) in [6.07, 6.45) is 2.18. The summed E-state index contributed by atoms with van der Waals surface area (Å²) in [6, 6.07) is 3.58. The van der Waals surface area contributed by atoms with Gasteiger partial charge < -0.3 is 15.3 Å². The summed E-state index contributed by atoms with van der Waals surface area (Å²) in [6.45, 7) is 0. The summed E-state index contributed by atoms with van der Waals surface area (Å²) in [5.41, 5.74) is 0.443. The van der Waals surface area contributed by atoms with Gasteiger partial charge in [0.15, 0.2) is 0 Å². The highest BCUT2D eigenvalue weighted by Crippen LogP contribution is 2.17. The lowest BCUT2D eigenvalue weighted by atomic mass is 10.2. The topological polar surface area (TPSA) is 69.6 Å². The molecular weight excluding hydrogens is 239 g/mol. The number of urea groups is 1. The molecule has 6 heteroatoms. The van der Waals surface area contributed by atoms with Gasteiger partial charge in [-0.25, -0.2) is 14.0 Å². The van der Waals surface area contributed by atoms with Gasteiger partial charge in [-0.3, -0.25) is 0 Å². The zero-order valence-corrected chi connectivity index (χ0v) is 9.98. The van der Waals surface area contributed by atoms with Gasteiger partial charge in [-0.15, -0.1) is 0 Å². The molecule has 0 heterocycles. The molecule has 0 saturated heterocycles. The molecule has 0 aliphatic rings. The number of amides is 2. The molecule has 0 atom stereocenters. The molecule has 0 unspecified atom stereocenters. The fraction of sp³-hybridized carbons (Fsp3) is 0.167. The summed E-state index contributed by atoms with van der Waals surface area (Å²) in [4.78, 5) is 22.9. The van der Waals surface area contributed by atoms with Crippen molar-refractivity contribution in [2.45, 2.75) is 0 Å². The first kappa shape index (κ1) is 13.7. The Hall–Kier alpha value is -2.37. The Labute approximate surface area is 104 Å². The van der Waals surface area contributed by atoms with Crippen LogP contribution < -0.4 is 5.32 Å². The van der Waals surface area contributed by atoms with Gasteiger partial charge in [-0.2, -0.15) is 0 Å². The molecule has 0 saturated carbocycles. The van der Waals surface area contributed by atoms with Crippen LogP contribution in [0.4, 0.5) is 14.9 Å². The smallest absolute Gasteiger partial charge is 0.328 e. The van der Waals surface area contributed by atoms with E-state index in [1.54, 1.807) is 0 Å². The molecule has 2 amide bonds. The molecule has 0 bridgehead atoms. The monoisotopic (exact) mass is 252 g/mol. The molecule has 0 aliphatic heterocycles. The Morgan fingerprint density at radius 3 is 2.56 bits per heavy atom. The molecule has 0 aromatic heterocycles. The van der Waals surface area contributed by atoms with Crippen molar-refractivity contribution in [1.29, 1.82) is 0 Å². The van der Waals surface area contributed by atoms with Gasteiger partial charge in [-0.05, 0) is 23.8 Å². The van der Waals surface area contributed by atoms with Crippen LogP contribution in [0.25, 0.3) is 6.08 Å². The Morgan fingerprint density at radius 1 is 1.39 bits per heavy atom. The third-order valence-electron chi connectivity index (χ3n) is 2.06. The molecule has 18 heavy (non-hydrogen) atoms. The number of rotatable bonds is 3. The number of halogens is 1. The fourth-order valence-corrected chi connectivity index (χ4v) is 1.13. The van der Waals surface area contributed by atoms with Crippen LogP contribution >= 0.6 is 0 Å². The zero-order chi connectivity index (χ0) is 13.7. The summed E-state index contributed by atoms with van der Waals surface area (Å²) in [5.74, 6) is -1.74. The molecule has 1 aromatic rings. The zero-order valence-electron chi connectivity index (χ0n) is 9.98. The Balaban J connectivity index is 2.86. The number of carbonyl (C=O) groups is 2. The first-order valence-corrected chi connectivity index (χ1v) is 5.09. The van der Waals surface area contributed by atoms with Crippen molar-refractivity contribution in [3.05, 3.63) is 35.7 Å². The SMILES string of the molecule is CN(C)C(=O)Nc1ccc(C=CC(=O)O)cc1F. The number of hydrogen-bond donors (Lipinski definition) is 2. The van der Waals surface area contributed by atoms with Crippen LogP contribution in [0.2, 0.25) is 0 Å². The number of carboxylic acids is 1. The maximum atomic E-state index is 13.6. The molecule has 0 fully saturated rings. The first-order valence-electron chi connectivity index (χ1n) is 5.09. The van der Waals surface area contributed by atoms with E-state index < -0.39 is 17.8 Å². The van der Waals surface area contributed by atoms with Crippen LogP contribution in [0, 0.1) is 5.82 Å². The second-order valence-electron chi connectivity index (χ2n) is 3.74. The van der Waals surface area contributed by atoms with Crippen molar-refractivity contribution in [1.82, 2.24) is 4.90 Å². The minimum absolute atomic E-state index is 0.0428. The molecule has 0 aliphatic carbocycles. The lowest BCUT2D eigenvalue weighted by Gasteiger charge is -2.12. The minimum atomic E-state index is -1.11. The van der Waals surface area contributed by atoms with Crippen LogP contribution in [0.3, 0.4) is 0 Å². The van der Waals surface area contributed by atoms with Gasteiger partial charge in [0.25, 0.3) is 0 Å². The van der Waals surface area contributed by atoms with Crippen molar-refractivity contribution in [3.63, 3.8) is 0 Å². The number of aliphatic carboxylic acids is 1. The van der Waals surface area contributed by atoms with Gasteiger partial charge in [-0.1, -0.05) is 6.07 Å². The van der Waals surface area contributed by atoms with E-state index in [2.05, 4.69) is 5.32 Å². The number of nitrogens with zero attached hydrogens (tertiary/aromatic N) is 1. The van der Waals surface area contributed by atoms with E-state index in [1.165, 1.54) is 37.2 Å². The van der Waals surface area contributed by atoms with E-state index in [1.807, 2.05) is 0 Å². The normalized spacial score (nSPS) is 10.4. The number of hydrogen-bond acceptors (Lipinski definition) is 2. The quantitative estimate of drug-likeness (QED) is 0.808. The predicted molar refractivity (Wildman–Crippen MR) is 65.8 cm³/mol. The lowest BCUT2D eigenvalue weighted by molar-refractivity contribution is -0.131. The van der Waals surface area contributed by atoms with Gasteiger partial charge in [0, 0.05) is 20.2 Å². The third kappa shape index (κ3) is 3.89. The molecule has 0 radical (unpaired) electrons. The van der Waals surface area contributed by atoms with Gasteiger partial charge in [0.05, 0.1) is 5.69 Å². The highest BCUT2D eigenvalue weighted by Gasteiger charge is 2.08. The second kappa shape index (κ2) is 5.81. The van der Waals surface area contributed by atoms with Crippen molar-refractivity contribution >= 4 is 23.8 Å². The molecule has 96 valence electrons. The average molecular weight is 252 g/mol. The number of carbonyl (C=O) groups excluding carboxylic acids is 1. The van der Waals surface area contributed by atoms with Crippen LogP contribution in [-0.4, -0.2) is 36.1 Å². The highest BCUT2D eigenvalue weighted by atomic mass is 19.1. The maximum absolute atomic E-state index is 13.6. The van der Waals surface area contributed by atoms with Crippen molar-refractivity contribution in [2.75, 3.05) is 19.4 Å². The third-order valence-corrected chi connectivity index (χ3v) is 2.06. The number of anilines is 1. The number of nitrogens with one attached hydrogen (secondary N) is 1. The first-order chi connectivity index (χ1) is 8.40. The van der Waals surface area contributed by atoms with E-state index in [4.69, 9.17) is 5.11 Å². The Morgan fingerprint density at radius 2 is 2.06 bits per heavy atom. The maximum Gasteiger partial charge on any atom is 0.328 e. The van der Waals surface area contributed by atoms with E-state index in [0.717, 1.165) is 12.1 Å². The number of carboxylic acid groups (broad SMARTS) is 1. The summed E-state index contributed by atoms with van der Waals surface area (Å²) in [7, 11) is 3.08. The molecular formula is C12H13FN2O3. The summed E-state index contributed by atoms with van der Waals surface area (Å²) < 4.78 is 13.6. The summed E-state index contributed by atoms with van der Waals surface area (Å²) >= 11 is 0. The van der Waals surface area contributed by atoms with E-state index >= 15 is 0 Å². The minimum Gasteiger partial charge on any atom is -0.478 e. The standard InChI is InChI=1S/C12H13FN2O3/c1-15(2)12(18)14-10-5-3-8(7-9(10)13)4-6-11(16)17/h3-7H,1-2H3,(H,14,18)(H,16,17). The Bertz CT molecular complexity index is 498. The second-order valence-corrected chi connectivity index (χ2v) is 3.74. The fourth-order valence-electron chi connectivity index (χ4n) is 1.13. The van der Waals surface area contributed by atoms with Crippen molar-refractivity contribution in [2.24, 2.45) is 0 Å².